The molecule has 1 aromatic carbocycles. The molecule has 58 valence electrons. The summed E-state index contributed by atoms with van der Waals surface area (Å²) in [6.07, 6.45) is 0. The smallest absolute Gasteiger partial charge is 0.0239 e. The molecule has 0 saturated carbocycles. The largest absolute Gasteiger partial charge is 0.0552 e. The molecule has 0 fully saturated rings. The van der Waals surface area contributed by atoms with E-state index in [1.54, 1.807) is 0 Å². The Morgan fingerprint density at radius 1 is 1.09 bits per heavy atom. The first kappa shape index (κ1) is 8.79. The molecule has 0 spiro atoms. The predicted octanol–water partition coefficient (Wildman–Crippen LogP) is 3.43. The molecule has 1 rings (SSSR count). The lowest BCUT2D eigenvalue weighted by Crippen LogP contribution is -1.90. The van der Waals surface area contributed by atoms with Crippen molar-refractivity contribution in [3.63, 3.8) is 0 Å². The summed E-state index contributed by atoms with van der Waals surface area (Å²) in [5.41, 5.74) is 4.50. The molecule has 1 heteroatoms. The van der Waals surface area contributed by atoms with E-state index in [2.05, 4.69) is 43.6 Å². The van der Waals surface area contributed by atoms with Crippen molar-refractivity contribution >= 4 is 15.9 Å². The van der Waals surface area contributed by atoms with Gasteiger partial charge in [0.15, 0.2) is 0 Å². The minimum atomic E-state index is 1.05. The maximum absolute atomic E-state index is 3.91. The van der Waals surface area contributed by atoms with Crippen LogP contribution in [0.5, 0.6) is 0 Å². The Labute approximate surface area is 76.8 Å². The Kier molecular flexibility index (Phi) is 2.38. The molecule has 0 aliphatic rings. The highest BCUT2D eigenvalue weighted by Crippen LogP contribution is 2.26. The van der Waals surface area contributed by atoms with Crippen molar-refractivity contribution in [2.45, 2.75) is 13.8 Å². The van der Waals surface area contributed by atoms with Gasteiger partial charge in [-0.1, -0.05) is 22.0 Å². The molecule has 0 aromatic heterocycles. The third-order valence-electron chi connectivity index (χ3n) is 1.97. The van der Waals surface area contributed by atoms with E-state index in [4.69, 9.17) is 0 Å². The monoisotopic (exact) mass is 210 g/mol. The molecular formula is C10H11Br. The van der Waals surface area contributed by atoms with Crippen molar-refractivity contribution in [3.8, 4) is 0 Å². The van der Waals surface area contributed by atoms with E-state index in [1.807, 2.05) is 6.07 Å². The molecule has 0 heterocycles. The quantitative estimate of drug-likeness (QED) is 0.616. The van der Waals surface area contributed by atoms with Crippen molar-refractivity contribution in [2.75, 3.05) is 0 Å². The Balaban J connectivity index is 3.46. The van der Waals surface area contributed by atoms with Crippen molar-refractivity contribution in [1.29, 1.82) is 0 Å². The van der Waals surface area contributed by atoms with Crippen molar-refractivity contribution < 1.29 is 0 Å². The molecule has 0 atom stereocenters. The first-order chi connectivity index (χ1) is 5.04. The lowest BCUT2D eigenvalue weighted by Gasteiger charge is -2.08. The van der Waals surface area contributed by atoms with Gasteiger partial charge in [0.2, 0.25) is 0 Å². The first-order valence-electron chi connectivity index (χ1n) is 3.47. The van der Waals surface area contributed by atoms with Crippen LogP contribution >= 0.6 is 15.9 Å². The summed E-state index contributed by atoms with van der Waals surface area (Å²) in [4.78, 5) is 0. The number of hydrogen-bond donors (Lipinski definition) is 0. The molecule has 0 nitrogen and oxygen atoms in total. The highest BCUT2D eigenvalue weighted by Gasteiger charge is 2.04. The summed E-state index contributed by atoms with van der Waals surface area (Å²) in [5.74, 6) is 0. The van der Waals surface area contributed by atoms with Crippen molar-refractivity contribution in [1.82, 2.24) is 0 Å². The highest BCUT2D eigenvalue weighted by atomic mass is 79.9. The van der Waals surface area contributed by atoms with Crippen molar-refractivity contribution in [3.05, 3.63) is 46.6 Å². The SMILES string of the molecule is [CH2]c1cc([CH2])c(C)c(Br)c1C. The molecule has 0 aliphatic carbocycles. The van der Waals surface area contributed by atoms with Crippen LogP contribution in [0.2, 0.25) is 0 Å². The second-order valence-electron chi connectivity index (χ2n) is 2.76. The van der Waals surface area contributed by atoms with E-state index in [-0.39, 0.29) is 0 Å². The number of halogens is 1. The summed E-state index contributed by atoms with van der Waals surface area (Å²) in [5, 5.41) is 0. The van der Waals surface area contributed by atoms with Gasteiger partial charge < -0.3 is 0 Å². The Morgan fingerprint density at radius 2 is 1.45 bits per heavy atom. The van der Waals surface area contributed by atoms with Gasteiger partial charge in [-0.25, -0.2) is 0 Å². The summed E-state index contributed by atoms with van der Waals surface area (Å²) in [6, 6.07) is 2.01. The van der Waals surface area contributed by atoms with Gasteiger partial charge >= 0.3 is 0 Å². The van der Waals surface area contributed by atoms with Gasteiger partial charge in [-0.05, 0) is 49.9 Å². The van der Waals surface area contributed by atoms with Crippen molar-refractivity contribution in [2.24, 2.45) is 0 Å². The van der Waals surface area contributed by atoms with Gasteiger partial charge in [0.05, 0.1) is 0 Å². The normalized spacial score (nSPS) is 10.3. The van der Waals surface area contributed by atoms with E-state index in [9.17, 15) is 0 Å². The van der Waals surface area contributed by atoms with Crippen LogP contribution in [0, 0.1) is 27.7 Å². The third kappa shape index (κ3) is 1.48. The lowest BCUT2D eigenvalue weighted by molar-refractivity contribution is 1.28. The fraction of sp³-hybridized carbons (Fsp3) is 0.200. The average molecular weight is 211 g/mol. The van der Waals surface area contributed by atoms with Crippen LogP contribution in [0.3, 0.4) is 0 Å². The Morgan fingerprint density at radius 3 is 1.82 bits per heavy atom. The van der Waals surface area contributed by atoms with Crippen LogP contribution in [-0.2, 0) is 0 Å². The molecule has 0 N–H and O–H groups in total. The van der Waals surface area contributed by atoms with E-state index >= 15 is 0 Å². The standard InChI is InChI=1S/C10H11Br/c1-6-5-7(2)9(4)10(11)8(6)3/h5H,1-2H2,3-4H3. The zero-order chi connectivity index (χ0) is 8.59. The van der Waals surface area contributed by atoms with Gasteiger partial charge in [0, 0.05) is 4.47 Å². The maximum Gasteiger partial charge on any atom is 0.0239 e. The third-order valence-corrected chi connectivity index (χ3v) is 3.16. The summed E-state index contributed by atoms with van der Waals surface area (Å²) >= 11 is 3.50. The molecule has 0 aliphatic heterocycles. The molecule has 0 unspecified atom stereocenters. The number of hydrogen-bond acceptors (Lipinski definition) is 0. The van der Waals surface area contributed by atoms with E-state index < -0.39 is 0 Å². The fourth-order valence-corrected chi connectivity index (χ4v) is 1.50. The van der Waals surface area contributed by atoms with Gasteiger partial charge in [-0.3, -0.25) is 0 Å². The van der Waals surface area contributed by atoms with Crippen LogP contribution in [0.15, 0.2) is 10.5 Å². The molecule has 11 heavy (non-hydrogen) atoms. The minimum absolute atomic E-state index is 1.05. The fourth-order valence-electron chi connectivity index (χ4n) is 0.990. The highest BCUT2D eigenvalue weighted by molar-refractivity contribution is 9.10. The topological polar surface area (TPSA) is 0 Å². The Bertz CT molecular complexity index is 261. The van der Waals surface area contributed by atoms with Crippen LogP contribution in [0.4, 0.5) is 0 Å². The average Bonchev–Trinajstić information content (AvgIpc) is 1.97. The molecule has 0 amide bonds. The van der Waals surface area contributed by atoms with Gasteiger partial charge in [-0.15, -0.1) is 0 Å². The van der Waals surface area contributed by atoms with Gasteiger partial charge in [-0.2, -0.15) is 0 Å². The summed E-state index contributed by atoms with van der Waals surface area (Å²) in [6.45, 7) is 11.9. The molecule has 0 saturated heterocycles. The summed E-state index contributed by atoms with van der Waals surface area (Å²) < 4.78 is 1.13. The maximum atomic E-state index is 3.91. The van der Waals surface area contributed by atoms with Gasteiger partial charge in [0.1, 0.15) is 0 Å². The number of rotatable bonds is 0. The first-order valence-corrected chi connectivity index (χ1v) is 4.27. The minimum Gasteiger partial charge on any atom is -0.0552 e. The van der Waals surface area contributed by atoms with Gasteiger partial charge in [0.25, 0.3) is 0 Å². The molecule has 0 bridgehead atoms. The predicted molar refractivity (Wildman–Crippen MR) is 52.5 cm³/mol. The van der Waals surface area contributed by atoms with E-state index in [0.717, 1.165) is 15.6 Å². The van der Waals surface area contributed by atoms with E-state index in [1.165, 1.54) is 11.1 Å². The second kappa shape index (κ2) is 2.98. The second-order valence-corrected chi connectivity index (χ2v) is 3.55. The zero-order valence-corrected chi connectivity index (χ0v) is 8.46. The Hall–Kier alpha value is -0.300. The molecular weight excluding hydrogens is 200 g/mol. The summed E-state index contributed by atoms with van der Waals surface area (Å²) in [7, 11) is 0. The zero-order valence-electron chi connectivity index (χ0n) is 6.87. The molecule has 1 aromatic rings. The van der Waals surface area contributed by atoms with Crippen LogP contribution in [0.1, 0.15) is 22.3 Å². The number of benzene rings is 1. The van der Waals surface area contributed by atoms with Crippen LogP contribution < -0.4 is 0 Å². The van der Waals surface area contributed by atoms with E-state index in [0.29, 0.717) is 0 Å². The van der Waals surface area contributed by atoms with Crippen LogP contribution in [-0.4, -0.2) is 0 Å². The molecule has 2 radical (unpaired) electrons. The van der Waals surface area contributed by atoms with Crippen LogP contribution in [0.25, 0.3) is 0 Å². The lowest BCUT2D eigenvalue weighted by atomic mass is 10.0.